The summed E-state index contributed by atoms with van der Waals surface area (Å²) in [6.45, 7) is 12.4. The summed E-state index contributed by atoms with van der Waals surface area (Å²) < 4.78 is 11.3. The number of hydrogen-bond acceptors (Lipinski definition) is 4. The van der Waals surface area contributed by atoms with Crippen LogP contribution in [0, 0.1) is 0 Å². The predicted octanol–water partition coefficient (Wildman–Crippen LogP) is 3.84. The van der Waals surface area contributed by atoms with Crippen LogP contribution in [-0.4, -0.2) is 31.1 Å². The molecule has 0 aliphatic carbocycles. The zero-order chi connectivity index (χ0) is 19.9. The van der Waals surface area contributed by atoms with Gasteiger partial charge < -0.3 is 19.8 Å². The quantitative estimate of drug-likeness (QED) is 0.571. The van der Waals surface area contributed by atoms with Crippen molar-refractivity contribution in [2.75, 3.05) is 20.2 Å². The zero-order valence-corrected chi connectivity index (χ0v) is 17.3. The first-order valence-corrected chi connectivity index (χ1v) is 9.45. The third kappa shape index (κ3) is 6.01. The van der Waals surface area contributed by atoms with Crippen LogP contribution >= 0.6 is 0 Å². The van der Waals surface area contributed by atoms with Gasteiger partial charge in [-0.2, -0.15) is 0 Å². The molecule has 1 unspecified atom stereocenters. The molecular formula is C21H32N4O2. The highest BCUT2D eigenvalue weighted by Gasteiger charge is 2.19. The average molecular weight is 373 g/mol. The molecule has 1 atom stereocenters. The molecule has 2 aromatic rings. The minimum Gasteiger partial charge on any atom is -0.496 e. The first-order valence-electron chi connectivity index (χ1n) is 9.45. The van der Waals surface area contributed by atoms with Crippen LogP contribution in [0.2, 0.25) is 0 Å². The molecule has 1 aromatic carbocycles. The molecule has 0 fully saturated rings. The minimum absolute atomic E-state index is 0.0537. The molecule has 0 radical (unpaired) electrons. The summed E-state index contributed by atoms with van der Waals surface area (Å²) >= 11 is 0. The van der Waals surface area contributed by atoms with Crippen molar-refractivity contribution in [2.45, 2.75) is 52.5 Å². The number of methoxy groups -OCH3 is 1. The van der Waals surface area contributed by atoms with Gasteiger partial charge in [0.15, 0.2) is 5.96 Å². The lowest BCUT2D eigenvalue weighted by atomic mass is 9.94. The summed E-state index contributed by atoms with van der Waals surface area (Å²) in [5, 5.41) is 6.65. The molecule has 6 nitrogen and oxygen atoms in total. The van der Waals surface area contributed by atoms with Crippen LogP contribution in [0.25, 0.3) is 0 Å². The van der Waals surface area contributed by atoms with Gasteiger partial charge in [-0.3, -0.25) is 0 Å². The van der Waals surface area contributed by atoms with Gasteiger partial charge >= 0.3 is 0 Å². The summed E-state index contributed by atoms with van der Waals surface area (Å²) in [5.41, 5.74) is 1.12. The Morgan fingerprint density at radius 3 is 2.63 bits per heavy atom. The smallest absolute Gasteiger partial charge is 0.216 e. The topological polar surface area (TPSA) is 71.7 Å². The number of rotatable bonds is 7. The number of guanidine groups is 1. The molecule has 0 saturated carbocycles. The van der Waals surface area contributed by atoms with E-state index in [1.54, 1.807) is 13.3 Å². The van der Waals surface area contributed by atoms with E-state index in [4.69, 9.17) is 9.15 Å². The Morgan fingerprint density at radius 2 is 2.00 bits per heavy atom. The number of aliphatic imine (C=N–C) groups is 1. The summed E-state index contributed by atoms with van der Waals surface area (Å²) in [7, 11) is 1.70. The maximum Gasteiger partial charge on any atom is 0.216 e. The van der Waals surface area contributed by atoms with E-state index in [1.165, 1.54) is 5.56 Å². The molecule has 0 aliphatic heterocycles. The average Bonchev–Trinajstić information content (AvgIpc) is 3.13. The number of oxazole rings is 1. The number of ether oxygens (including phenoxy) is 1. The van der Waals surface area contributed by atoms with E-state index in [0.29, 0.717) is 12.4 Å². The van der Waals surface area contributed by atoms with Gasteiger partial charge in [0, 0.05) is 24.4 Å². The van der Waals surface area contributed by atoms with E-state index >= 15 is 0 Å². The van der Waals surface area contributed by atoms with Gasteiger partial charge in [0.25, 0.3) is 0 Å². The highest BCUT2D eigenvalue weighted by Crippen LogP contribution is 2.25. The molecule has 2 rings (SSSR count). The molecular weight excluding hydrogens is 340 g/mol. The Morgan fingerprint density at radius 1 is 1.26 bits per heavy atom. The third-order valence-corrected chi connectivity index (χ3v) is 4.25. The Kier molecular flexibility index (Phi) is 7.28. The zero-order valence-electron chi connectivity index (χ0n) is 17.3. The summed E-state index contributed by atoms with van der Waals surface area (Å²) in [6, 6.07) is 8.09. The van der Waals surface area contributed by atoms with Crippen LogP contribution in [-0.2, 0) is 12.0 Å². The van der Waals surface area contributed by atoms with Crippen molar-refractivity contribution in [2.24, 2.45) is 4.99 Å². The largest absolute Gasteiger partial charge is 0.496 e. The van der Waals surface area contributed by atoms with E-state index in [-0.39, 0.29) is 11.3 Å². The standard InChI is InChI=1S/C21H32N4O2/c1-7-22-20(25-14-19-23-13-18(27-19)21(3,4)5)24-12-15(2)16-10-8-9-11-17(16)26-6/h8-11,13,15H,7,12,14H2,1-6H3,(H2,22,24,25). The third-order valence-electron chi connectivity index (χ3n) is 4.25. The fourth-order valence-corrected chi connectivity index (χ4v) is 2.65. The van der Waals surface area contributed by atoms with Gasteiger partial charge in [0.1, 0.15) is 18.1 Å². The second-order valence-electron chi connectivity index (χ2n) is 7.59. The molecule has 0 amide bonds. The van der Waals surface area contributed by atoms with Crippen LogP contribution < -0.4 is 15.4 Å². The fourth-order valence-electron chi connectivity index (χ4n) is 2.65. The normalized spacial score (nSPS) is 13.3. The van der Waals surface area contributed by atoms with Crippen molar-refractivity contribution in [1.82, 2.24) is 15.6 Å². The monoisotopic (exact) mass is 372 g/mol. The molecule has 0 saturated heterocycles. The molecule has 0 bridgehead atoms. The van der Waals surface area contributed by atoms with Gasteiger partial charge in [0.05, 0.1) is 13.3 Å². The molecule has 1 heterocycles. The molecule has 1 aromatic heterocycles. The molecule has 27 heavy (non-hydrogen) atoms. The summed E-state index contributed by atoms with van der Waals surface area (Å²) in [6.07, 6.45) is 1.79. The molecule has 0 aliphatic rings. The first-order chi connectivity index (χ1) is 12.8. The Hall–Kier alpha value is -2.50. The molecule has 148 valence electrons. The van der Waals surface area contributed by atoms with E-state index in [0.717, 1.165) is 30.6 Å². The molecule has 0 spiro atoms. The number of aromatic nitrogens is 1. The van der Waals surface area contributed by atoms with E-state index in [2.05, 4.69) is 54.4 Å². The predicted molar refractivity (Wildman–Crippen MR) is 109 cm³/mol. The number of hydrogen-bond donors (Lipinski definition) is 2. The van der Waals surface area contributed by atoms with Gasteiger partial charge in [-0.15, -0.1) is 0 Å². The van der Waals surface area contributed by atoms with Crippen LogP contribution in [0.1, 0.15) is 57.8 Å². The minimum atomic E-state index is -0.0537. The van der Waals surface area contributed by atoms with Crippen molar-refractivity contribution in [1.29, 1.82) is 0 Å². The van der Waals surface area contributed by atoms with Crippen LogP contribution in [0.4, 0.5) is 0 Å². The Labute approximate surface area is 162 Å². The van der Waals surface area contributed by atoms with Crippen molar-refractivity contribution in [3.63, 3.8) is 0 Å². The van der Waals surface area contributed by atoms with Gasteiger partial charge in [-0.1, -0.05) is 45.9 Å². The highest BCUT2D eigenvalue weighted by atomic mass is 16.5. The van der Waals surface area contributed by atoms with Crippen LogP contribution in [0.15, 0.2) is 39.9 Å². The molecule has 6 heteroatoms. The number of para-hydroxylation sites is 1. The van der Waals surface area contributed by atoms with Crippen molar-refractivity contribution in [3.05, 3.63) is 47.7 Å². The van der Waals surface area contributed by atoms with Crippen molar-refractivity contribution >= 4 is 5.96 Å². The lowest BCUT2D eigenvalue weighted by Gasteiger charge is -2.18. The van der Waals surface area contributed by atoms with Crippen LogP contribution in [0.5, 0.6) is 5.75 Å². The number of nitrogens with one attached hydrogen (secondary N) is 2. The second kappa shape index (κ2) is 9.44. The van der Waals surface area contributed by atoms with E-state index in [1.807, 2.05) is 25.1 Å². The number of benzene rings is 1. The maximum atomic E-state index is 5.81. The fraction of sp³-hybridized carbons (Fsp3) is 0.524. The Balaban J connectivity index is 2.00. The van der Waals surface area contributed by atoms with Crippen molar-refractivity contribution < 1.29 is 9.15 Å². The maximum absolute atomic E-state index is 5.81. The number of nitrogens with zero attached hydrogens (tertiary/aromatic N) is 2. The van der Waals surface area contributed by atoms with Gasteiger partial charge in [-0.05, 0) is 18.6 Å². The Bertz CT molecular complexity index is 747. The van der Waals surface area contributed by atoms with Gasteiger partial charge in [-0.25, -0.2) is 9.98 Å². The van der Waals surface area contributed by atoms with Crippen LogP contribution in [0.3, 0.4) is 0 Å². The highest BCUT2D eigenvalue weighted by molar-refractivity contribution is 5.79. The van der Waals surface area contributed by atoms with E-state index in [9.17, 15) is 0 Å². The molecule has 2 N–H and O–H groups in total. The second-order valence-corrected chi connectivity index (χ2v) is 7.59. The van der Waals surface area contributed by atoms with E-state index < -0.39 is 0 Å². The SMILES string of the molecule is CCNC(=NCc1ncc(C(C)(C)C)o1)NCC(C)c1ccccc1OC. The van der Waals surface area contributed by atoms with Crippen molar-refractivity contribution in [3.8, 4) is 5.75 Å². The lowest BCUT2D eigenvalue weighted by molar-refractivity contribution is 0.383. The van der Waals surface area contributed by atoms with Gasteiger partial charge in [0.2, 0.25) is 5.89 Å². The summed E-state index contributed by atoms with van der Waals surface area (Å²) in [5.74, 6) is 3.42. The lowest BCUT2D eigenvalue weighted by Crippen LogP contribution is -2.39. The summed E-state index contributed by atoms with van der Waals surface area (Å²) in [4.78, 5) is 8.93. The first kappa shape index (κ1) is 20.8.